The second-order valence-electron chi connectivity index (χ2n) is 7.62. The molecule has 2 aromatic carbocycles. The van der Waals surface area contributed by atoms with Crippen LogP contribution >= 0.6 is 23.1 Å². The van der Waals surface area contributed by atoms with Crippen LogP contribution in [0.2, 0.25) is 0 Å². The molecule has 1 amide bonds. The molecule has 6 nitrogen and oxygen atoms in total. The van der Waals surface area contributed by atoms with E-state index in [4.69, 9.17) is 0 Å². The van der Waals surface area contributed by atoms with Crippen molar-refractivity contribution in [1.29, 1.82) is 0 Å². The number of aryl methyl sites for hydroxylation is 1. The zero-order chi connectivity index (χ0) is 23.2. The summed E-state index contributed by atoms with van der Waals surface area (Å²) < 4.78 is 2.12. The van der Waals surface area contributed by atoms with Crippen LogP contribution in [0.4, 0.5) is 0 Å². The fraction of sp³-hybridized carbons (Fsp3) is 0.280. The quantitative estimate of drug-likeness (QED) is 0.302. The van der Waals surface area contributed by atoms with Crippen molar-refractivity contribution in [3.05, 3.63) is 87.6 Å². The molecule has 33 heavy (non-hydrogen) atoms. The van der Waals surface area contributed by atoms with Crippen LogP contribution in [0.3, 0.4) is 0 Å². The Morgan fingerprint density at radius 1 is 1.03 bits per heavy atom. The normalized spacial score (nSPS) is 11.0. The van der Waals surface area contributed by atoms with Gasteiger partial charge in [-0.3, -0.25) is 9.36 Å². The van der Waals surface area contributed by atoms with Gasteiger partial charge in [-0.1, -0.05) is 59.8 Å². The number of carbonyl (C=O) groups excluding carboxylic acids is 1. The summed E-state index contributed by atoms with van der Waals surface area (Å²) in [4.78, 5) is 18.9. The van der Waals surface area contributed by atoms with Gasteiger partial charge in [-0.25, -0.2) is 4.98 Å². The highest BCUT2D eigenvalue weighted by Crippen LogP contribution is 2.28. The van der Waals surface area contributed by atoms with Crippen molar-refractivity contribution in [1.82, 2.24) is 24.6 Å². The fourth-order valence-electron chi connectivity index (χ4n) is 3.51. The number of benzene rings is 2. The summed E-state index contributed by atoms with van der Waals surface area (Å²) >= 11 is 3.10. The first-order valence-corrected chi connectivity index (χ1v) is 12.9. The Morgan fingerprint density at radius 3 is 2.45 bits per heavy atom. The number of hydrogen-bond acceptors (Lipinski definition) is 6. The van der Waals surface area contributed by atoms with Gasteiger partial charge >= 0.3 is 0 Å². The molecule has 0 bridgehead atoms. The van der Waals surface area contributed by atoms with E-state index in [1.54, 1.807) is 16.7 Å². The summed E-state index contributed by atoms with van der Waals surface area (Å²) in [6.07, 6.45) is 0.696. The third-order valence-corrected chi connectivity index (χ3v) is 7.32. The maximum absolute atomic E-state index is 12.6. The Labute approximate surface area is 202 Å². The van der Waals surface area contributed by atoms with E-state index in [1.807, 2.05) is 37.4 Å². The van der Waals surface area contributed by atoms with Crippen LogP contribution in [0.5, 0.6) is 0 Å². The van der Waals surface area contributed by atoms with Gasteiger partial charge in [0.25, 0.3) is 5.91 Å². The number of rotatable bonds is 9. The smallest absolute Gasteiger partial charge is 0.273 e. The summed E-state index contributed by atoms with van der Waals surface area (Å²) in [5.41, 5.74) is 3.95. The van der Waals surface area contributed by atoms with Gasteiger partial charge in [-0.05, 0) is 38.5 Å². The predicted octanol–water partition coefficient (Wildman–Crippen LogP) is 5.40. The lowest BCUT2D eigenvalue weighted by Gasteiger charge is -2.16. The summed E-state index contributed by atoms with van der Waals surface area (Å²) in [5, 5.41) is 12.6. The predicted molar refractivity (Wildman–Crippen MR) is 134 cm³/mol. The lowest BCUT2D eigenvalue weighted by molar-refractivity contribution is 0.0768. The van der Waals surface area contributed by atoms with Crippen LogP contribution in [0.15, 0.2) is 65.1 Å². The maximum Gasteiger partial charge on any atom is 0.273 e. The molecule has 0 saturated carbocycles. The van der Waals surface area contributed by atoms with Gasteiger partial charge in [0.15, 0.2) is 5.16 Å². The number of nitrogens with zero attached hydrogens (tertiary/aromatic N) is 5. The molecule has 0 saturated heterocycles. The second kappa shape index (κ2) is 10.8. The molecular weight excluding hydrogens is 450 g/mol. The SMILES string of the molecule is CCN(CC)C(=O)c1csc(CSc2nnc(Cc3ccccc3)n2-c2ccc(C)cc2)n1. The number of thioether (sulfide) groups is 1. The van der Waals surface area contributed by atoms with Gasteiger partial charge in [-0.2, -0.15) is 0 Å². The molecule has 4 aromatic rings. The van der Waals surface area contributed by atoms with Crippen molar-refractivity contribution in [3.63, 3.8) is 0 Å². The molecule has 4 rings (SSSR count). The summed E-state index contributed by atoms with van der Waals surface area (Å²) in [5.74, 6) is 1.51. The molecule has 0 unspecified atom stereocenters. The van der Waals surface area contributed by atoms with Crippen LogP contribution in [-0.4, -0.2) is 43.6 Å². The van der Waals surface area contributed by atoms with Crippen LogP contribution < -0.4 is 0 Å². The minimum Gasteiger partial charge on any atom is -0.338 e. The third kappa shape index (κ3) is 5.51. The third-order valence-electron chi connectivity index (χ3n) is 5.34. The van der Waals surface area contributed by atoms with Crippen molar-refractivity contribution in [2.24, 2.45) is 0 Å². The first kappa shape index (κ1) is 23.2. The fourth-order valence-corrected chi connectivity index (χ4v) is 5.27. The molecule has 170 valence electrons. The van der Waals surface area contributed by atoms with E-state index >= 15 is 0 Å². The highest BCUT2D eigenvalue weighted by molar-refractivity contribution is 7.98. The minimum atomic E-state index is -0.0135. The number of thiazole rings is 1. The second-order valence-corrected chi connectivity index (χ2v) is 9.51. The first-order valence-electron chi connectivity index (χ1n) is 11.0. The molecule has 0 fully saturated rings. The topological polar surface area (TPSA) is 63.9 Å². The zero-order valence-electron chi connectivity index (χ0n) is 19.1. The van der Waals surface area contributed by atoms with E-state index in [0.29, 0.717) is 31.0 Å². The highest BCUT2D eigenvalue weighted by atomic mass is 32.2. The molecule has 2 aromatic heterocycles. The Morgan fingerprint density at radius 2 is 1.76 bits per heavy atom. The van der Waals surface area contributed by atoms with Gasteiger partial charge in [0.2, 0.25) is 0 Å². The van der Waals surface area contributed by atoms with Crippen LogP contribution in [0.25, 0.3) is 5.69 Å². The van der Waals surface area contributed by atoms with Gasteiger partial charge in [0.1, 0.15) is 16.5 Å². The lowest BCUT2D eigenvalue weighted by atomic mass is 10.1. The highest BCUT2D eigenvalue weighted by Gasteiger charge is 2.18. The number of aromatic nitrogens is 4. The van der Waals surface area contributed by atoms with Crippen LogP contribution in [-0.2, 0) is 12.2 Å². The zero-order valence-corrected chi connectivity index (χ0v) is 20.7. The molecule has 0 aliphatic carbocycles. The van der Waals surface area contributed by atoms with Crippen molar-refractivity contribution in [3.8, 4) is 5.69 Å². The monoisotopic (exact) mass is 477 g/mol. The van der Waals surface area contributed by atoms with Crippen molar-refractivity contribution in [2.45, 2.75) is 38.1 Å². The number of amides is 1. The molecule has 2 heterocycles. The molecule has 0 aliphatic rings. The Hall–Kier alpha value is -2.97. The Bertz CT molecular complexity index is 1200. The van der Waals surface area contributed by atoms with Gasteiger partial charge in [-0.15, -0.1) is 21.5 Å². The van der Waals surface area contributed by atoms with Crippen molar-refractivity contribution in [2.75, 3.05) is 13.1 Å². The number of carbonyl (C=O) groups is 1. The van der Waals surface area contributed by atoms with Crippen LogP contribution in [0, 0.1) is 6.92 Å². The Balaban J connectivity index is 1.56. The van der Waals surface area contributed by atoms with Crippen molar-refractivity contribution < 1.29 is 4.79 Å². The Kier molecular flexibility index (Phi) is 7.57. The van der Waals surface area contributed by atoms with Crippen molar-refractivity contribution >= 4 is 29.0 Å². The minimum absolute atomic E-state index is 0.0135. The number of hydrogen-bond donors (Lipinski definition) is 0. The molecule has 0 atom stereocenters. The molecule has 8 heteroatoms. The average Bonchev–Trinajstić information content (AvgIpc) is 3.47. The average molecular weight is 478 g/mol. The van der Waals surface area contributed by atoms with Gasteiger partial charge < -0.3 is 4.90 Å². The van der Waals surface area contributed by atoms with Gasteiger partial charge in [0, 0.05) is 30.6 Å². The van der Waals surface area contributed by atoms with E-state index in [2.05, 4.69) is 63.1 Å². The van der Waals surface area contributed by atoms with E-state index in [0.717, 1.165) is 21.7 Å². The van der Waals surface area contributed by atoms with E-state index < -0.39 is 0 Å². The standard InChI is InChI=1S/C25H27N5OS2/c1-4-29(5-2)24(31)21-16-32-23(26-21)17-33-25-28-27-22(15-19-9-7-6-8-10-19)30(25)20-13-11-18(3)12-14-20/h6-14,16H,4-5,15,17H2,1-3H3. The van der Waals surface area contributed by atoms with E-state index in [9.17, 15) is 4.79 Å². The molecule has 0 aliphatic heterocycles. The lowest BCUT2D eigenvalue weighted by Crippen LogP contribution is -2.30. The summed E-state index contributed by atoms with van der Waals surface area (Å²) in [6.45, 7) is 7.41. The molecule has 0 spiro atoms. The summed E-state index contributed by atoms with van der Waals surface area (Å²) in [6, 6.07) is 18.7. The summed E-state index contributed by atoms with van der Waals surface area (Å²) in [7, 11) is 0. The van der Waals surface area contributed by atoms with E-state index in [1.165, 1.54) is 22.5 Å². The molecular formula is C25H27N5OS2. The van der Waals surface area contributed by atoms with Crippen LogP contribution in [0.1, 0.15) is 46.3 Å². The molecule has 0 radical (unpaired) electrons. The molecule has 0 N–H and O–H groups in total. The largest absolute Gasteiger partial charge is 0.338 e. The van der Waals surface area contributed by atoms with E-state index in [-0.39, 0.29) is 5.91 Å². The first-order chi connectivity index (χ1) is 16.1. The van der Waals surface area contributed by atoms with Gasteiger partial charge in [0.05, 0.1) is 5.75 Å². The maximum atomic E-state index is 12.6.